The normalized spacial score (nSPS) is 10.8. The van der Waals surface area contributed by atoms with Gasteiger partial charge in [-0.25, -0.2) is 4.98 Å². The van der Waals surface area contributed by atoms with E-state index < -0.39 is 0 Å². The van der Waals surface area contributed by atoms with Gasteiger partial charge in [-0.2, -0.15) is 4.98 Å². The summed E-state index contributed by atoms with van der Waals surface area (Å²) in [5, 5.41) is 1.72. The zero-order valence-electron chi connectivity index (χ0n) is 11.6. The van der Waals surface area contributed by atoms with E-state index in [1.165, 1.54) is 0 Å². The molecule has 0 fully saturated rings. The molecule has 0 aliphatic carbocycles. The standard InChI is InChI=1S/C16H15ClN4/c1-21(10-11-6-8-12(17)9-7-11)15-13-4-2-3-5-14(13)19-16(18)20-15/h2-9H,10H2,1H3,(H2,18,19,20). The molecule has 3 aromatic rings. The van der Waals surface area contributed by atoms with Crippen molar-refractivity contribution < 1.29 is 0 Å². The molecule has 3 rings (SSSR count). The van der Waals surface area contributed by atoms with Crippen molar-refractivity contribution in [3.63, 3.8) is 0 Å². The Morgan fingerprint density at radius 2 is 1.76 bits per heavy atom. The number of nitrogens with two attached hydrogens (primary N) is 1. The molecule has 0 saturated carbocycles. The number of rotatable bonds is 3. The second-order valence-electron chi connectivity index (χ2n) is 4.91. The highest BCUT2D eigenvalue weighted by atomic mass is 35.5. The molecule has 0 unspecified atom stereocenters. The minimum Gasteiger partial charge on any atom is -0.368 e. The molecule has 21 heavy (non-hydrogen) atoms. The number of nitrogen functional groups attached to an aromatic ring is 1. The molecule has 106 valence electrons. The largest absolute Gasteiger partial charge is 0.368 e. The molecule has 0 spiro atoms. The third-order valence-corrected chi connectivity index (χ3v) is 3.55. The van der Waals surface area contributed by atoms with Gasteiger partial charge in [-0.15, -0.1) is 0 Å². The van der Waals surface area contributed by atoms with Gasteiger partial charge in [0.05, 0.1) is 5.52 Å². The lowest BCUT2D eigenvalue weighted by Crippen LogP contribution is -2.19. The van der Waals surface area contributed by atoms with E-state index in [0.29, 0.717) is 0 Å². The SMILES string of the molecule is CN(Cc1ccc(Cl)cc1)c1nc(N)nc2ccccc12. The number of hydrogen-bond donors (Lipinski definition) is 1. The van der Waals surface area contributed by atoms with Gasteiger partial charge < -0.3 is 10.6 Å². The van der Waals surface area contributed by atoms with Crippen molar-refractivity contribution in [2.24, 2.45) is 0 Å². The van der Waals surface area contributed by atoms with Gasteiger partial charge in [0, 0.05) is 24.0 Å². The molecule has 2 N–H and O–H groups in total. The van der Waals surface area contributed by atoms with Crippen LogP contribution in [0.4, 0.5) is 11.8 Å². The smallest absolute Gasteiger partial charge is 0.222 e. The Balaban J connectivity index is 1.97. The van der Waals surface area contributed by atoms with Crippen LogP contribution in [0, 0.1) is 0 Å². The molecule has 2 aromatic carbocycles. The van der Waals surface area contributed by atoms with E-state index in [1.807, 2.05) is 55.6 Å². The van der Waals surface area contributed by atoms with Crippen molar-refractivity contribution in [3.05, 3.63) is 59.1 Å². The monoisotopic (exact) mass is 298 g/mol. The van der Waals surface area contributed by atoms with Gasteiger partial charge in [0.2, 0.25) is 5.95 Å². The van der Waals surface area contributed by atoms with E-state index in [0.717, 1.165) is 33.9 Å². The second kappa shape index (κ2) is 5.58. The number of anilines is 2. The predicted octanol–water partition coefficient (Wildman–Crippen LogP) is 3.50. The zero-order valence-corrected chi connectivity index (χ0v) is 12.4. The van der Waals surface area contributed by atoms with E-state index in [9.17, 15) is 0 Å². The maximum atomic E-state index is 5.91. The topological polar surface area (TPSA) is 55.0 Å². The fourth-order valence-electron chi connectivity index (χ4n) is 2.31. The Morgan fingerprint density at radius 1 is 1.05 bits per heavy atom. The summed E-state index contributed by atoms with van der Waals surface area (Å²) >= 11 is 5.91. The van der Waals surface area contributed by atoms with E-state index in [2.05, 4.69) is 14.9 Å². The summed E-state index contributed by atoms with van der Waals surface area (Å²) in [7, 11) is 1.99. The second-order valence-corrected chi connectivity index (χ2v) is 5.34. The van der Waals surface area contributed by atoms with Crippen LogP contribution >= 0.6 is 11.6 Å². The van der Waals surface area contributed by atoms with Crippen molar-refractivity contribution in [2.75, 3.05) is 17.7 Å². The molecule has 0 aliphatic rings. The molecule has 0 saturated heterocycles. The highest BCUT2D eigenvalue weighted by molar-refractivity contribution is 6.30. The van der Waals surface area contributed by atoms with Gasteiger partial charge in [-0.05, 0) is 29.8 Å². The zero-order chi connectivity index (χ0) is 14.8. The average molecular weight is 299 g/mol. The lowest BCUT2D eigenvalue weighted by atomic mass is 10.2. The van der Waals surface area contributed by atoms with Crippen LogP contribution < -0.4 is 10.6 Å². The van der Waals surface area contributed by atoms with Crippen LogP contribution in [0.5, 0.6) is 0 Å². The van der Waals surface area contributed by atoms with Crippen LogP contribution in [-0.4, -0.2) is 17.0 Å². The van der Waals surface area contributed by atoms with Gasteiger partial charge in [0.1, 0.15) is 5.82 Å². The maximum Gasteiger partial charge on any atom is 0.222 e. The quantitative estimate of drug-likeness (QED) is 0.804. The van der Waals surface area contributed by atoms with Gasteiger partial charge >= 0.3 is 0 Å². The Labute approximate surface area is 128 Å². The van der Waals surface area contributed by atoms with Crippen molar-refractivity contribution in [1.29, 1.82) is 0 Å². The molecule has 0 atom stereocenters. The summed E-state index contributed by atoms with van der Waals surface area (Å²) in [5.74, 6) is 1.11. The first-order valence-corrected chi connectivity index (χ1v) is 6.99. The van der Waals surface area contributed by atoms with Crippen LogP contribution in [0.15, 0.2) is 48.5 Å². The minimum atomic E-state index is 0.284. The third-order valence-electron chi connectivity index (χ3n) is 3.29. The van der Waals surface area contributed by atoms with Crippen molar-refractivity contribution in [1.82, 2.24) is 9.97 Å². The van der Waals surface area contributed by atoms with Crippen molar-refractivity contribution >= 4 is 34.3 Å². The minimum absolute atomic E-state index is 0.284. The Kier molecular flexibility index (Phi) is 3.62. The molecule has 0 radical (unpaired) electrons. The summed E-state index contributed by atoms with van der Waals surface area (Å²) in [5.41, 5.74) is 7.82. The van der Waals surface area contributed by atoms with Crippen LogP contribution in [-0.2, 0) is 6.54 Å². The highest BCUT2D eigenvalue weighted by Gasteiger charge is 2.10. The van der Waals surface area contributed by atoms with Crippen LogP contribution in [0.3, 0.4) is 0 Å². The highest BCUT2D eigenvalue weighted by Crippen LogP contribution is 2.25. The third kappa shape index (κ3) is 2.90. The summed E-state index contributed by atoms with van der Waals surface area (Å²) < 4.78 is 0. The molecule has 0 amide bonds. The van der Waals surface area contributed by atoms with E-state index in [4.69, 9.17) is 17.3 Å². The number of aromatic nitrogens is 2. The van der Waals surface area contributed by atoms with Crippen molar-refractivity contribution in [2.45, 2.75) is 6.54 Å². The van der Waals surface area contributed by atoms with Crippen LogP contribution in [0.1, 0.15) is 5.56 Å². The number of hydrogen-bond acceptors (Lipinski definition) is 4. The summed E-state index contributed by atoms with van der Waals surface area (Å²) in [6, 6.07) is 15.6. The molecule has 4 nitrogen and oxygen atoms in total. The first-order valence-electron chi connectivity index (χ1n) is 6.61. The maximum absolute atomic E-state index is 5.91. The summed E-state index contributed by atoms with van der Waals surface area (Å²) in [4.78, 5) is 10.7. The average Bonchev–Trinajstić information content (AvgIpc) is 2.48. The Morgan fingerprint density at radius 3 is 2.52 bits per heavy atom. The van der Waals surface area contributed by atoms with Crippen LogP contribution in [0.2, 0.25) is 5.02 Å². The molecule has 1 aromatic heterocycles. The molecule has 0 aliphatic heterocycles. The number of benzene rings is 2. The van der Waals surface area contributed by atoms with E-state index >= 15 is 0 Å². The predicted molar refractivity (Wildman–Crippen MR) is 87.5 cm³/mol. The lowest BCUT2D eigenvalue weighted by Gasteiger charge is -2.20. The number of para-hydroxylation sites is 1. The lowest BCUT2D eigenvalue weighted by molar-refractivity contribution is 0.902. The fraction of sp³-hybridized carbons (Fsp3) is 0.125. The number of fused-ring (bicyclic) bond motifs is 1. The van der Waals surface area contributed by atoms with Crippen molar-refractivity contribution in [3.8, 4) is 0 Å². The fourth-order valence-corrected chi connectivity index (χ4v) is 2.43. The summed E-state index contributed by atoms with van der Waals surface area (Å²) in [6.45, 7) is 0.720. The number of halogens is 1. The van der Waals surface area contributed by atoms with Gasteiger partial charge in [0.15, 0.2) is 0 Å². The first-order chi connectivity index (χ1) is 10.1. The molecule has 5 heteroatoms. The van der Waals surface area contributed by atoms with Gasteiger partial charge in [-0.1, -0.05) is 35.9 Å². The van der Waals surface area contributed by atoms with Gasteiger partial charge in [0.25, 0.3) is 0 Å². The molecular weight excluding hydrogens is 284 g/mol. The van der Waals surface area contributed by atoms with Gasteiger partial charge in [-0.3, -0.25) is 0 Å². The van der Waals surface area contributed by atoms with E-state index in [-0.39, 0.29) is 5.95 Å². The Bertz CT molecular complexity index is 771. The molecule has 0 bridgehead atoms. The molecular formula is C16H15ClN4. The summed E-state index contributed by atoms with van der Waals surface area (Å²) in [6.07, 6.45) is 0. The first kappa shape index (κ1) is 13.6. The number of nitrogens with zero attached hydrogens (tertiary/aromatic N) is 3. The van der Waals surface area contributed by atoms with Crippen LogP contribution in [0.25, 0.3) is 10.9 Å². The molecule has 1 heterocycles. The Hall–Kier alpha value is -2.33. The van der Waals surface area contributed by atoms with E-state index in [1.54, 1.807) is 0 Å².